The van der Waals surface area contributed by atoms with Crippen LogP contribution in [0.5, 0.6) is 0 Å². The zero-order chi connectivity index (χ0) is 10.6. The molecule has 0 fully saturated rings. The summed E-state index contributed by atoms with van der Waals surface area (Å²) in [6.45, 7) is 10.5. The smallest absolute Gasteiger partial charge is 0.0477 e. The molecule has 0 aromatic rings. The van der Waals surface area contributed by atoms with Crippen LogP contribution in [0.4, 0.5) is 0 Å². The van der Waals surface area contributed by atoms with Gasteiger partial charge in [0.2, 0.25) is 0 Å². The largest absolute Gasteiger partial charge is 0.382 e. The molecule has 2 nitrogen and oxygen atoms in total. The van der Waals surface area contributed by atoms with Gasteiger partial charge < -0.3 is 10.1 Å². The normalized spacial score (nSPS) is 11.1. The molecule has 0 aliphatic heterocycles. The molecule has 0 aliphatic carbocycles. The third-order valence-corrected chi connectivity index (χ3v) is 3.12. The number of ether oxygens (including phenoxy) is 1. The average Bonchev–Trinajstić information content (AvgIpc) is 2.15. The van der Waals surface area contributed by atoms with Gasteiger partial charge in [-0.25, -0.2) is 0 Å². The molecule has 0 spiro atoms. The van der Waals surface area contributed by atoms with Crippen molar-refractivity contribution in [2.75, 3.05) is 37.8 Å². The second-order valence-electron chi connectivity index (χ2n) is 3.77. The molecule has 0 aromatic carbocycles. The van der Waals surface area contributed by atoms with E-state index >= 15 is 0 Å². The topological polar surface area (TPSA) is 21.3 Å². The molecule has 0 saturated heterocycles. The summed E-state index contributed by atoms with van der Waals surface area (Å²) >= 11 is 2.04. The van der Waals surface area contributed by atoms with E-state index in [4.69, 9.17) is 4.74 Å². The maximum absolute atomic E-state index is 5.25. The van der Waals surface area contributed by atoms with Gasteiger partial charge in [0.15, 0.2) is 0 Å². The summed E-state index contributed by atoms with van der Waals surface area (Å²) in [7, 11) is 0. The van der Waals surface area contributed by atoms with Crippen LogP contribution < -0.4 is 5.32 Å². The molecule has 0 aromatic heterocycles. The predicted octanol–water partition coefficient (Wildman–Crippen LogP) is 2.39. The molecule has 0 amide bonds. The van der Waals surface area contributed by atoms with Crippen LogP contribution in [0, 0.1) is 5.92 Å². The van der Waals surface area contributed by atoms with E-state index in [-0.39, 0.29) is 0 Å². The number of rotatable bonds is 10. The third kappa shape index (κ3) is 12.3. The molecule has 14 heavy (non-hydrogen) atoms. The zero-order valence-electron chi connectivity index (χ0n) is 9.84. The minimum atomic E-state index is 0.818. The highest BCUT2D eigenvalue weighted by atomic mass is 32.2. The first kappa shape index (κ1) is 14.3. The molecule has 0 atom stereocenters. The fourth-order valence-corrected chi connectivity index (χ4v) is 1.96. The first-order valence-electron chi connectivity index (χ1n) is 5.63. The van der Waals surface area contributed by atoms with Gasteiger partial charge in [0, 0.05) is 25.5 Å². The van der Waals surface area contributed by atoms with Gasteiger partial charge >= 0.3 is 0 Å². The maximum Gasteiger partial charge on any atom is 0.0477 e. The van der Waals surface area contributed by atoms with Crippen molar-refractivity contribution in [1.82, 2.24) is 5.32 Å². The molecular weight excluding hydrogens is 194 g/mol. The lowest BCUT2D eigenvalue weighted by Crippen LogP contribution is -2.20. The van der Waals surface area contributed by atoms with Gasteiger partial charge in [-0.3, -0.25) is 0 Å². The zero-order valence-corrected chi connectivity index (χ0v) is 10.7. The van der Waals surface area contributed by atoms with Crippen LogP contribution >= 0.6 is 11.8 Å². The van der Waals surface area contributed by atoms with E-state index in [2.05, 4.69) is 19.2 Å². The van der Waals surface area contributed by atoms with Crippen LogP contribution in [0.3, 0.4) is 0 Å². The Morgan fingerprint density at radius 2 is 2.07 bits per heavy atom. The summed E-state index contributed by atoms with van der Waals surface area (Å²) < 4.78 is 5.25. The monoisotopic (exact) mass is 219 g/mol. The second-order valence-corrected chi connectivity index (χ2v) is 4.92. The summed E-state index contributed by atoms with van der Waals surface area (Å²) in [4.78, 5) is 0. The van der Waals surface area contributed by atoms with Gasteiger partial charge in [0.25, 0.3) is 0 Å². The average molecular weight is 219 g/mol. The lowest BCUT2D eigenvalue weighted by atomic mass is 10.3. The number of nitrogens with one attached hydrogen (secondary N) is 1. The third-order valence-electron chi connectivity index (χ3n) is 1.72. The Hall–Kier alpha value is 0.270. The highest BCUT2D eigenvalue weighted by Crippen LogP contribution is 2.05. The van der Waals surface area contributed by atoms with Crippen molar-refractivity contribution in [2.24, 2.45) is 5.92 Å². The Balaban J connectivity index is 2.85. The van der Waals surface area contributed by atoms with Crippen LogP contribution in [0.1, 0.15) is 27.2 Å². The Morgan fingerprint density at radius 3 is 2.71 bits per heavy atom. The van der Waals surface area contributed by atoms with Gasteiger partial charge in [-0.2, -0.15) is 11.8 Å². The van der Waals surface area contributed by atoms with Crippen molar-refractivity contribution >= 4 is 11.8 Å². The predicted molar refractivity (Wildman–Crippen MR) is 66.1 cm³/mol. The molecule has 0 saturated carbocycles. The van der Waals surface area contributed by atoms with Gasteiger partial charge in [-0.15, -0.1) is 0 Å². The number of thioether (sulfide) groups is 1. The van der Waals surface area contributed by atoms with Crippen molar-refractivity contribution in [3.63, 3.8) is 0 Å². The Labute approximate surface area is 93.2 Å². The first-order chi connectivity index (χ1) is 6.77. The molecule has 1 N–H and O–H groups in total. The summed E-state index contributed by atoms with van der Waals surface area (Å²) in [6, 6.07) is 0. The van der Waals surface area contributed by atoms with Gasteiger partial charge in [0.1, 0.15) is 0 Å². The van der Waals surface area contributed by atoms with Gasteiger partial charge in [-0.1, -0.05) is 13.8 Å². The Morgan fingerprint density at radius 1 is 1.29 bits per heavy atom. The van der Waals surface area contributed by atoms with E-state index in [1.165, 1.54) is 11.5 Å². The van der Waals surface area contributed by atoms with Crippen LogP contribution in [-0.4, -0.2) is 37.8 Å². The van der Waals surface area contributed by atoms with Crippen LogP contribution in [0.25, 0.3) is 0 Å². The van der Waals surface area contributed by atoms with E-state index in [9.17, 15) is 0 Å². The maximum atomic E-state index is 5.25. The van der Waals surface area contributed by atoms with E-state index < -0.39 is 0 Å². The summed E-state index contributed by atoms with van der Waals surface area (Å²) in [5.41, 5.74) is 0. The van der Waals surface area contributed by atoms with Crippen molar-refractivity contribution < 1.29 is 4.74 Å². The molecule has 0 aliphatic rings. The standard InChI is InChI=1S/C11H25NOS/c1-4-13-8-5-6-12-7-9-14-10-11(2)3/h11-12H,4-10H2,1-3H3. The first-order valence-corrected chi connectivity index (χ1v) is 6.79. The van der Waals surface area contributed by atoms with E-state index in [0.717, 1.165) is 38.6 Å². The molecule has 0 rings (SSSR count). The summed E-state index contributed by atoms with van der Waals surface area (Å²) in [5, 5.41) is 3.42. The molecule has 86 valence electrons. The van der Waals surface area contributed by atoms with Crippen molar-refractivity contribution in [3.8, 4) is 0 Å². The second kappa shape index (κ2) is 11.3. The highest BCUT2D eigenvalue weighted by molar-refractivity contribution is 7.99. The summed E-state index contributed by atoms with van der Waals surface area (Å²) in [5.74, 6) is 3.32. The number of hydrogen-bond acceptors (Lipinski definition) is 3. The molecule has 0 heterocycles. The lowest BCUT2D eigenvalue weighted by Gasteiger charge is -2.06. The van der Waals surface area contributed by atoms with Crippen molar-refractivity contribution in [2.45, 2.75) is 27.2 Å². The highest BCUT2D eigenvalue weighted by Gasteiger charge is 1.93. The lowest BCUT2D eigenvalue weighted by molar-refractivity contribution is 0.145. The molecule has 0 bridgehead atoms. The van der Waals surface area contributed by atoms with Gasteiger partial charge in [-0.05, 0) is 31.6 Å². The van der Waals surface area contributed by atoms with Gasteiger partial charge in [0.05, 0.1) is 0 Å². The molecule has 0 unspecified atom stereocenters. The van der Waals surface area contributed by atoms with Crippen LogP contribution in [-0.2, 0) is 4.74 Å². The van der Waals surface area contributed by atoms with E-state index in [1.807, 2.05) is 18.7 Å². The molecule has 3 heteroatoms. The number of hydrogen-bond donors (Lipinski definition) is 1. The molecular formula is C11H25NOS. The quantitative estimate of drug-likeness (QED) is 0.570. The fraction of sp³-hybridized carbons (Fsp3) is 1.00. The minimum absolute atomic E-state index is 0.818. The summed E-state index contributed by atoms with van der Waals surface area (Å²) in [6.07, 6.45) is 1.13. The SMILES string of the molecule is CCOCCCNCCSCC(C)C. The van der Waals surface area contributed by atoms with Crippen molar-refractivity contribution in [1.29, 1.82) is 0 Å². The van der Waals surface area contributed by atoms with Crippen molar-refractivity contribution in [3.05, 3.63) is 0 Å². The Kier molecular flexibility index (Phi) is 11.6. The van der Waals surface area contributed by atoms with Crippen LogP contribution in [0.2, 0.25) is 0 Å². The van der Waals surface area contributed by atoms with E-state index in [0.29, 0.717) is 0 Å². The van der Waals surface area contributed by atoms with E-state index in [1.54, 1.807) is 0 Å². The minimum Gasteiger partial charge on any atom is -0.382 e. The fourth-order valence-electron chi connectivity index (χ4n) is 1.03. The van der Waals surface area contributed by atoms with Crippen LogP contribution in [0.15, 0.2) is 0 Å². The molecule has 0 radical (unpaired) electrons. The Bertz CT molecular complexity index is 109.